The van der Waals surface area contributed by atoms with Crippen LogP contribution in [0.1, 0.15) is 11.1 Å². The molecule has 1 fully saturated rings. The van der Waals surface area contributed by atoms with Gasteiger partial charge in [0.1, 0.15) is 11.6 Å². The Morgan fingerprint density at radius 1 is 1.12 bits per heavy atom. The zero-order chi connectivity index (χ0) is 22.5. The maximum absolute atomic E-state index is 14.6. The van der Waals surface area contributed by atoms with Crippen LogP contribution in [0.3, 0.4) is 0 Å². The smallest absolute Gasteiger partial charge is 0.224 e. The molecule has 0 saturated carbocycles. The Bertz CT molecular complexity index is 1160. The Hall–Kier alpha value is -3.78. The molecule has 1 aliphatic rings. The lowest BCUT2D eigenvalue weighted by Gasteiger charge is -2.16. The van der Waals surface area contributed by atoms with Crippen LogP contribution in [-0.4, -0.2) is 47.8 Å². The standard InChI is InChI=1S/C24H26FN7/c1-27-24-28-11-10-22(31-24)30-17-7-5-6-16(12-17)13-29-23(18-8-3-4-9-20(18)25)19-14-32(2)15-21(19)26/h3-12,26,29H,13-15H2,1-2H3,(H2,27,28,30,31)/b23-19-,26-21?. The van der Waals surface area contributed by atoms with E-state index < -0.39 is 0 Å². The summed E-state index contributed by atoms with van der Waals surface area (Å²) in [6.07, 6.45) is 1.69. The lowest BCUT2D eigenvalue weighted by molar-refractivity contribution is 0.444. The first-order valence-corrected chi connectivity index (χ1v) is 10.4. The lowest BCUT2D eigenvalue weighted by atomic mass is 10.0. The average molecular weight is 432 g/mol. The summed E-state index contributed by atoms with van der Waals surface area (Å²) in [6, 6.07) is 16.4. The number of likely N-dealkylation sites (tertiary alicyclic amines) is 1. The van der Waals surface area contributed by atoms with Gasteiger partial charge in [-0.25, -0.2) is 9.37 Å². The fraction of sp³-hybridized carbons (Fsp3) is 0.208. The Balaban J connectivity index is 1.56. The van der Waals surface area contributed by atoms with Gasteiger partial charge in [-0.3, -0.25) is 4.90 Å². The van der Waals surface area contributed by atoms with Gasteiger partial charge in [-0.05, 0) is 42.9 Å². The maximum atomic E-state index is 14.6. The molecule has 0 radical (unpaired) electrons. The zero-order valence-corrected chi connectivity index (χ0v) is 18.1. The van der Waals surface area contributed by atoms with Gasteiger partial charge in [0.2, 0.25) is 5.95 Å². The van der Waals surface area contributed by atoms with Gasteiger partial charge in [0.05, 0.1) is 11.4 Å². The third-order valence-electron chi connectivity index (χ3n) is 5.21. The molecular formula is C24H26FN7. The molecule has 0 amide bonds. The van der Waals surface area contributed by atoms with Crippen LogP contribution < -0.4 is 16.0 Å². The average Bonchev–Trinajstić information content (AvgIpc) is 3.13. The number of halogens is 1. The number of rotatable bonds is 7. The molecule has 1 aliphatic heterocycles. The quantitative estimate of drug-likeness (QED) is 0.454. The van der Waals surface area contributed by atoms with Crippen molar-refractivity contribution < 1.29 is 4.39 Å². The molecule has 7 nitrogen and oxygen atoms in total. The monoisotopic (exact) mass is 431 g/mol. The molecule has 2 heterocycles. The van der Waals surface area contributed by atoms with Gasteiger partial charge in [0, 0.05) is 49.7 Å². The minimum Gasteiger partial charge on any atom is -0.380 e. The van der Waals surface area contributed by atoms with E-state index in [9.17, 15) is 4.39 Å². The number of anilines is 3. The molecule has 2 aromatic carbocycles. The van der Waals surface area contributed by atoms with Crippen molar-refractivity contribution in [1.29, 1.82) is 5.41 Å². The normalized spacial score (nSPS) is 15.5. The van der Waals surface area contributed by atoms with Crippen molar-refractivity contribution >= 4 is 28.9 Å². The molecule has 0 aliphatic carbocycles. The third-order valence-corrected chi connectivity index (χ3v) is 5.21. The van der Waals surface area contributed by atoms with E-state index in [1.54, 1.807) is 31.4 Å². The topological polar surface area (TPSA) is 89.0 Å². The van der Waals surface area contributed by atoms with E-state index in [1.165, 1.54) is 6.07 Å². The van der Waals surface area contributed by atoms with E-state index in [2.05, 4.69) is 25.9 Å². The summed E-state index contributed by atoms with van der Waals surface area (Å²) in [6.45, 7) is 1.66. The van der Waals surface area contributed by atoms with Crippen LogP contribution in [0.25, 0.3) is 5.70 Å². The van der Waals surface area contributed by atoms with Crippen molar-refractivity contribution in [3.05, 3.63) is 83.3 Å². The van der Waals surface area contributed by atoms with Crippen LogP contribution >= 0.6 is 0 Å². The molecule has 1 aromatic heterocycles. The fourth-order valence-corrected chi connectivity index (χ4v) is 3.69. The molecule has 4 N–H and O–H groups in total. The summed E-state index contributed by atoms with van der Waals surface area (Å²) in [4.78, 5) is 10.6. The van der Waals surface area contributed by atoms with E-state index in [4.69, 9.17) is 5.41 Å². The summed E-state index contributed by atoms with van der Waals surface area (Å²) >= 11 is 0. The van der Waals surface area contributed by atoms with Crippen LogP contribution in [0, 0.1) is 11.2 Å². The van der Waals surface area contributed by atoms with Crippen molar-refractivity contribution in [1.82, 2.24) is 20.2 Å². The third kappa shape index (κ3) is 4.92. The number of nitrogens with zero attached hydrogens (tertiary/aromatic N) is 3. The molecule has 0 bridgehead atoms. The zero-order valence-electron chi connectivity index (χ0n) is 18.1. The SMILES string of the molecule is CNc1nccc(Nc2cccc(CN/C(=C3/CN(C)CC3=N)c3ccccc3F)c2)n1. The summed E-state index contributed by atoms with van der Waals surface area (Å²) in [7, 11) is 3.73. The fourth-order valence-electron chi connectivity index (χ4n) is 3.69. The van der Waals surface area contributed by atoms with Crippen molar-refractivity contribution in [2.24, 2.45) is 0 Å². The minimum atomic E-state index is -0.302. The highest BCUT2D eigenvalue weighted by molar-refractivity contribution is 6.07. The van der Waals surface area contributed by atoms with E-state index in [0.29, 0.717) is 48.4 Å². The molecule has 1 saturated heterocycles. The summed E-state index contributed by atoms with van der Waals surface area (Å²) < 4.78 is 14.6. The molecule has 4 rings (SSSR count). The summed E-state index contributed by atoms with van der Waals surface area (Å²) in [5.74, 6) is 0.924. The molecule has 32 heavy (non-hydrogen) atoms. The number of hydrogen-bond acceptors (Lipinski definition) is 7. The van der Waals surface area contributed by atoms with E-state index in [1.807, 2.05) is 42.3 Å². The highest BCUT2D eigenvalue weighted by Gasteiger charge is 2.24. The number of nitrogens with one attached hydrogen (secondary N) is 4. The molecule has 164 valence electrons. The van der Waals surface area contributed by atoms with Gasteiger partial charge >= 0.3 is 0 Å². The minimum absolute atomic E-state index is 0.302. The Morgan fingerprint density at radius 3 is 2.72 bits per heavy atom. The number of aromatic nitrogens is 2. The Labute approximate surface area is 186 Å². The van der Waals surface area contributed by atoms with Gasteiger partial charge in [-0.15, -0.1) is 0 Å². The summed E-state index contributed by atoms with van der Waals surface area (Å²) in [5.41, 5.74) is 4.40. The first-order chi connectivity index (χ1) is 15.5. The molecule has 0 spiro atoms. The Kier molecular flexibility index (Phi) is 6.42. The van der Waals surface area contributed by atoms with Crippen molar-refractivity contribution in [2.75, 3.05) is 37.8 Å². The van der Waals surface area contributed by atoms with Gasteiger partial charge in [-0.2, -0.15) is 4.98 Å². The molecule has 0 unspecified atom stereocenters. The van der Waals surface area contributed by atoms with Crippen molar-refractivity contribution in [3.8, 4) is 0 Å². The van der Waals surface area contributed by atoms with Gasteiger partial charge < -0.3 is 21.4 Å². The highest BCUT2D eigenvalue weighted by atomic mass is 19.1. The second kappa shape index (κ2) is 9.57. The molecule has 8 heteroatoms. The molecule has 0 atom stereocenters. The second-order valence-electron chi connectivity index (χ2n) is 7.68. The number of hydrogen-bond donors (Lipinski definition) is 4. The number of benzene rings is 2. The van der Waals surface area contributed by atoms with E-state index >= 15 is 0 Å². The van der Waals surface area contributed by atoms with Crippen LogP contribution in [0.2, 0.25) is 0 Å². The van der Waals surface area contributed by atoms with Crippen molar-refractivity contribution in [2.45, 2.75) is 6.54 Å². The first kappa shape index (κ1) is 21.5. The predicted molar refractivity (Wildman–Crippen MR) is 127 cm³/mol. The lowest BCUT2D eigenvalue weighted by Crippen LogP contribution is -2.18. The predicted octanol–water partition coefficient (Wildman–Crippen LogP) is 3.87. The van der Waals surface area contributed by atoms with Crippen LogP contribution in [0.5, 0.6) is 0 Å². The maximum Gasteiger partial charge on any atom is 0.224 e. The van der Waals surface area contributed by atoms with Gasteiger partial charge in [0.25, 0.3) is 0 Å². The number of likely N-dealkylation sites (N-methyl/N-ethyl adjacent to an activating group) is 1. The van der Waals surface area contributed by atoms with E-state index in [0.717, 1.165) is 16.8 Å². The largest absolute Gasteiger partial charge is 0.380 e. The summed E-state index contributed by atoms with van der Waals surface area (Å²) in [5, 5.41) is 18.0. The second-order valence-corrected chi connectivity index (χ2v) is 7.68. The molecule has 3 aromatic rings. The molecular weight excluding hydrogens is 405 g/mol. The van der Waals surface area contributed by atoms with Gasteiger partial charge in [-0.1, -0.05) is 24.3 Å². The van der Waals surface area contributed by atoms with Crippen LogP contribution in [0.4, 0.5) is 21.8 Å². The van der Waals surface area contributed by atoms with Crippen molar-refractivity contribution in [3.63, 3.8) is 0 Å². The first-order valence-electron chi connectivity index (χ1n) is 10.4. The highest BCUT2D eigenvalue weighted by Crippen LogP contribution is 2.25. The van der Waals surface area contributed by atoms with Crippen LogP contribution in [-0.2, 0) is 6.54 Å². The van der Waals surface area contributed by atoms with Crippen LogP contribution in [0.15, 0.2) is 66.4 Å². The van der Waals surface area contributed by atoms with Gasteiger partial charge in [0.15, 0.2) is 0 Å². The van der Waals surface area contributed by atoms with E-state index in [-0.39, 0.29) is 5.82 Å². The Morgan fingerprint density at radius 2 is 1.97 bits per heavy atom.